The molecule has 0 fully saturated rings. The summed E-state index contributed by atoms with van der Waals surface area (Å²) in [7, 11) is 0. The molecule has 22 heavy (non-hydrogen) atoms. The average molecular weight is 312 g/mol. The lowest BCUT2D eigenvalue weighted by Gasteiger charge is -2.07. The van der Waals surface area contributed by atoms with Gasteiger partial charge in [-0.15, -0.1) is 0 Å². The minimum atomic E-state index is -2.89. The van der Waals surface area contributed by atoms with E-state index in [4.69, 9.17) is 0 Å². The molecule has 0 aliphatic rings. The van der Waals surface area contributed by atoms with Crippen LogP contribution in [0.15, 0.2) is 47.6 Å². The van der Waals surface area contributed by atoms with Crippen LogP contribution < -0.4 is 10.2 Å². The van der Waals surface area contributed by atoms with E-state index in [-0.39, 0.29) is 11.4 Å². The molecule has 0 bridgehead atoms. The first kappa shape index (κ1) is 15.8. The van der Waals surface area contributed by atoms with Gasteiger partial charge in [-0.1, -0.05) is 0 Å². The van der Waals surface area contributed by atoms with Gasteiger partial charge in [0.1, 0.15) is 11.6 Å². The van der Waals surface area contributed by atoms with E-state index in [0.717, 1.165) is 12.1 Å². The normalized spacial score (nSPS) is 11.6. The first-order chi connectivity index (χ1) is 10.5. The quantitative estimate of drug-likeness (QED) is 0.504. The smallest absolute Gasteiger partial charge is 0.387 e. The van der Waals surface area contributed by atoms with Crippen molar-refractivity contribution in [3.63, 3.8) is 0 Å². The molecule has 0 atom stereocenters. The fraction of sp³-hybridized carbons (Fsp3) is 0.133. The lowest BCUT2D eigenvalue weighted by Crippen LogP contribution is -2.03. The van der Waals surface area contributed by atoms with Gasteiger partial charge in [-0.3, -0.25) is 5.43 Å². The SMILES string of the molecule is C/C(=N/Nc1ccc(F)cc1F)c1ccc(OC(F)F)cc1. The van der Waals surface area contributed by atoms with Crippen LogP contribution in [0.4, 0.5) is 23.2 Å². The molecule has 3 nitrogen and oxygen atoms in total. The number of ether oxygens (including phenoxy) is 1. The Morgan fingerprint density at radius 3 is 2.36 bits per heavy atom. The zero-order valence-electron chi connectivity index (χ0n) is 11.5. The summed E-state index contributed by atoms with van der Waals surface area (Å²) in [5, 5.41) is 3.96. The van der Waals surface area contributed by atoms with Crippen LogP contribution in [0.3, 0.4) is 0 Å². The number of hydrazone groups is 1. The summed E-state index contributed by atoms with van der Waals surface area (Å²) < 4.78 is 54.5. The van der Waals surface area contributed by atoms with Gasteiger partial charge in [-0.25, -0.2) is 8.78 Å². The Balaban J connectivity index is 2.08. The number of nitrogens with zero attached hydrogens (tertiary/aromatic N) is 1. The van der Waals surface area contributed by atoms with E-state index in [9.17, 15) is 17.6 Å². The summed E-state index contributed by atoms with van der Waals surface area (Å²) in [6.07, 6.45) is 0. The third-order valence-electron chi connectivity index (χ3n) is 2.77. The van der Waals surface area contributed by atoms with Gasteiger partial charge in [0.05, 0.1) is 11.4 Å². The van der Waals surface area contributed by atoms with E-state index in [2.05, 4.69) is 15.3 Å². The molecular weight excluding hydrogens is 300 g/mol. The highest BCUT2D eigenvalue weighted by Gasteiger charge is 2.06. The highest BCUT2D eigenvalue weighted by atomic mass is 19.3. The van der Waals surface area contributed by atoms with Crippen molar-refractivity contribution in [2.45, 2.75) is 13.5 Å². The second-order valence-electron chi connectivity index (χ2n) is 4.34. The zero-order chi connectivity index (χ0) is 16.1. The van der Waals surface area contributed by atoms with Gasteiger partial charge in [0, 0.05) is 6.07 Å². The lowest BCUT2D eigenvalue weighted by molar-refractivity contribution is -0.0498. The molecule has 2 aromatic rings. The highest BCUT2D eigenvalue weighted by molar-refractivity contribution is 5.99. The van der Waals surface area contributed by atoms with Gasteiger partial charge in [-0.2, -0.15) is 13.9 Å². The van der Waals surface area contributed by atoms with E-state index in [1.54, 1.807) is 19.1 Å². The Bertz CT molecular complexity index is 672. The van der Waals surface area contributed by atoms with Crippen molar-refractivity contribution in [1.82, 2.24) is 0 Å². The molecule has 2 rings (SSSR count). The molecule has 116 valence electrons. The second-order valence-corrected chi connectivity index (χ2v) is 4.34. The van der Waals surface area contributed by atoms with Crippen molar-refractivity contribution in [3.8, 4) is 5.75 Å². The molecular formula is C15H12F4N2O. The third-order valence-corrected chi connectivity index (χ3v) is 2.77. The zero-order valence-corrected chi connectivity index (χ0v) is 11.5. The summed E-state index contributed by atoms with van der Waals surface area (Å²) in [4.78, 5) is 0. The summed E-state index contributed by atoms with van der Waals surface area (Å²) in [6.45, 7) is -1.24. The molecule has 0 heterocycles. The topological polar surface area (TPSA) is 33.6 Å². The van der Waals surface area contributed by atoms with Crippen molar-refractivity contribution < 1.29 is 22.3 Å². The monoisotopic (exact) mass is 312 g/mol. The van der Waals surface area contributed by atoms with E-state index >= 15 is 0 Å². The van der Waals surface area contributed by atoms with E-state index in [1.807, 2.05) is 0 Å². The highest BCUT2D eigenvalue weighted by Crippen LogP contribution is 2.17. The van der Waals surface area contributed by atoms with Crippen molar-refractivity contribution in [2.75, 3.05) is 5.43 Å². The molecule has 0 amide bonds. The minimum absolute atomic E-state index is 0.0263. The summed E-state index contributed by atoms with van der Waals surface area (Å²) in [5.41, 5.74) is 3.64. The van der Waals surface area contributed by atoms with Gasteiger partial charge in [0.25, 0.3) is 0 Å². The Morgan fingerprint density at radius 1 is 1.09 bits per heavy atom. The maximum absolute atomic E-state index is 13.4. The van der Waals surface area contributed by atoms with Crippen molar-refractivity contribution in [3.05, 3.63) is 59.7 Å². The third kappa shape index (κ3) is 4.21. The summed E-state index contributed by atoms with van der Waals surface area (Å²) in [5.74, 6) is -1.42. The molecule has 0 saturated carbocycles. The van der Waals surface area contributed by atoms with Crippen LogP contribution in [-0.2, 0) is 0 Å². The van der Waals surface area contributed by atoms with Crippen LogP contribution in [0.5, 0.6) is 5.75 Å². The average Bonchev–Trinajstić information content (AvgIpc) is 2.46. The lowest BCUT2D eigenvalue weighted by atomic mass is 10.1. The molecule has 0 aromatic heterocycles. The van der Waals surface area contributed by atoms with Crippen LogP contribution in [0.1, 0.15) is 12.5 Å². The molecule has 1 N–H and O–H groups in total. The van der Waals surface area contributed by atoms with E-state index in [1.165, 1.54) is 18.2 Å². The molecule has 0 aliphatic heterocycles. The second kappa shape index (κ2) is 6.93. The number of hydrogen-bond acceptors (Lipinski definition) is 3. The number of anilines is 1. The van der Waals surface area contributed by atoms with Crippen molar-refractivity contribution in [1.29, 1.82) is 0 Å². The summed E-state index contributed by atoms with van der Waals surface area (Å²) in [6, 6.07) is 8.90. The van der Waals surface area contributed by atoms with Gasteiger partial charge < -0.3 is 4.74 Å². The number of nitrogens with one attached hydrogen (secondary N) is 1. The molecule has 0 aliphatic carbocycles. The van der Waals surface area contributed by atoms with Gasteiger partial charge in [0.15, 0.2) is 5.82 Å². The van der Waals surface area contributed by atoms with Crippen LogP contribution >= 0.6 is 0 Å². The molecule has 0 saturated heterocycles. The molecule has 0 spiro atoms. The maximum Gasteiger partial charge on any atom is 0.387 e. The fourth-order valence-electron chi connectivity index (χ4n) is 1.67. The predicted octanol–water partition coefficient (Wildman–Crippen LogP) is 4.40. The first-order valence-electron chi connectivity index (χ1n) is 6.26. The number of halogens is 4. The number of alkyl halides is 2. The Kier molecular flexibility index (Phi) is 4.98. The van der Waals surface area contributed by atoms with Crippen LogP contribution in [0.25, 0.3) is 0 Å². The Hall–Kier alpha value is -2.57. The Morgan fingerprint density at radius 2 is 1.77 bits per heavy atom. The standard InChI is InChI=1S/C15H12F4N2O/c1-9(10-2-5-12(6-3-10)22-15(18)19)20-21-14-7-4-11(16)8-13(14)17/h2-8,15,21H,1H3/b20-9-. The van der Waals surface area contributed by atoms with Gasteiger partial charge in [0.2, 0.25) is 0 Å². The van der Waals surface area contributed by atoms with Crippen molar-refractivity contribution in [2.24, 2.45) is 5.10 Å². The summed E-state index contributed by atoms with van der Waals surface area (Å²) >= 11 is 0. The minimum Gasteiger partial charge on any atom is -0.435 e. The maximum atomic E-state index is 13.4. The molecule has 7 heteroatoms. The van der Waals surface area contributed by atoms with E-state index in [0.29, 0.717) is 11.3 Å². The molecule has 2 aromatic carbocycles. The van der Waals surface area contributed by atoms with Crippen molar-refractivity contribution >= 4 is 11.4 Å². The van der Waals surface area contributed by atoms with Crippen LogP contribution in [-0.4, -0.2) is 12.3 Å². The predicted molar refractivity (Wildman–Crippen MR) is 75.3 cm³/mol. The number of hydrogen-bond donors (Lipinski definition) is 1. The molecule has 0 unspecified atom stereocenters. The Labute approximate surface area is 124 Å². The number of rotatable bonds is 5. The van der Waals surface area contributed by atoms with Gasteiger partial charge in [-0.05, 0) is 48.9 Å². The fourth-order valence-corrected chi connectivity index (χ4v) is 1.67. The van der Waals surface area contributed by atoms with Gasteiger partial charge >= 0.3 is 6.61 Å². The number of benzene rings is 2. The van der Waals surface area contributed by atoms with E-state index < -0.39 is 18.2 Å². The molecule has 0 radical (unpaired) electrons. The first-order valence-corrected chi connectivity index (χ1v) is 6.26. The largest absolute Gasteiger partial charge is 0.435 e. The van der Waals surface area contributed by atoms with Crippen LogP contribution in [0.2, 0.25) is 0 Å². The van der Waals surface area contributed by atoms with Crippen LogP contribution in [0, 0.1) is 11.6 Å².